The van der Waals surface area contributed by atoms with Gasteiger partial charge in [-0.25, -0.2) is 19.6 Å². The predicted molar refractivity (Wildman–Crippen MR) is 242 cm³/mol. The van der Waals surface area contributed by atoms with Crippen molar-refractivity contribution >= 4 is 56.8 Å². The van der Waals surface area contributed by atoms with Gasteiger partial charge in [0.2, 0.25) is 0 Å². The molecule has 8 aromatic rings. The number of rotatable bonds is 10. The molecule has 2 aliphatic rings. The zero-order chi connectivity index (χ0) is 43.9. The van der Waals surface area contributed by atoms with E-state index in [-0.39, 0.29) is 23.9 Å². The van der Waals surface area contributed by atoms with Crippen LogP contribution in [-0.2, 0) is 9.59 Å². The highest BCUT2D eigenvalue weighted by atomic mass is 16.4. The van der Waals surface area contributed by atoms with E-state index in [0.717, 1.165) is 67.9 Å². The number of hydrogen-bond acceptors (Lipinski definition) is 6. The molecule has 2 saturated heterocycles. The molecule has 4 atom stereocenters. The van der Waals surface area contributed by atoms with Crippen molar-refractivity contribution in [2.75, 3.05) is 13.1 Å². The Hall–Kier alpha value is -8.00. The maximum atomic E-state index is 13.9. The fourth-order valence-corrected chi connectivity index (χ4v) is 9.41. The van der Waals surface area contributed by atoms with Crippen LogP contribution in [0.3, 0.4) is 0 Å². The van der Waals surface area contributed by atoms with E-state index in [4.69, 9.17) is 9.97 Å². The third-order valence-electron chi connectivity index (χ3n) is 12.5. The summed E-state index contributed by atoms with van der Waals surface area (Å²) < 4.78 is 0. The Kier molecular flexibility index (Phi) is 10.5. The predicted octanol–water partition coefficient (Wildman–Crippen LogP) is 9.27. The number of H-pyrrole nitrogens is 2. The van der Waals surface area contributed by atoms with Gasteiger partial charge in [-0.05, 0) is 106 Å². The first kappa shape index (κ1) is 40.1. The third-order valence-corrected chi connectivity index (χ3v) is 12.5. The van der Waals surface area contributed by atoms with Crippen LogP contribution in [0.2, 0.25) is 0 Å². The highest BCUT2D eigenvalue weighted by molar-refractivity contribution is 5.94. The number of nitrogens with zero attached hydrogens (tertiary/aromatic N) is 4. The van der Waals surface area contributed by atoms with E-state index in [1.807, 2.05) is 36.4 Å². The molecule has 0 bridgehead atoms. The van der Waals surface area contributed by atoms with Crippen molar-refractivity contribution in [2.24, 2.45) is 0 Å². The lowest BCUT2D eigenvalue weighted by atomic mass is 9.97. The average Bonchev–Trinajstić information content (AvgIpc) is 4.15. The molecule has 4 amide bonds. The normalized spacial score (nSPS) is 17.2. The second-order valence-corrected chi connectivity index (χ2v) is 16.5. The molecule has 320 valence electrons. The summed E-state index contributed by atoms with van der Waals surface area (Å²) in [4.78, 5) is 71.4. The van der Waals surface area contributed by atoms with E-state index in [2.05, 4.69) is 69.1 Å². The lowest BCUT2D eigenvalue weighted by Crippen LogP contribution is -2.42. The smallest absolute Gasteiger partial charge is 0.405 e. The van der Waals surface area contributed by atoms with Crippen LogP contribution in [0.1, 0.15) is 72.6 Å². The topological polar surface area (TPSA) is 197 Å². The summed E-state index contributed by atoms with van der Waals surface area (Å²) in [5, 5.41) is 26.1. The van der Waals surface area contributed by atoms with E-state index in [0.29, 0.717) is 48.7 Å². The largest absolute Gasteiger partial charge is 0.465 e. The molecule has 14 heteroatoms. The minimum Gasteiger partial charge on any atom is -0.465 e. The van der Waals surface area contributed by atoms with Crippen LogP contribution in [-0.4, -0.2) is 77.0 Å². The Morgan fingerprint density at radius 2 is 0.922 bits per heavy atom. The summed E-state index contributed by atoms with van der Waals surface area (Å²) in [5.74, 6) is 0.739. The zero-order valence-electron chi connectivity index (χ0n) is 34.6. The van der Waals surface area contributed by atoms with Crippen LogP contribution in [0.4, 0.5) is 9.59 Å². The molecule has 0 spiro atoms. The molecule has 2 aliphatic heterocycles. The summed E-state index contributed by atoms with van der Waals surface area (Å²) in [6, 6.07) is 40.1. The van der Waals surface area contributed by atoms with Crippen molar-refractivity contribution < 1.29 is 29.4 Å². The van der Waals surface area contributed by atoms with E-state index in [1.54, 1.807) is 58.3 Å². The van der Waals surface area contributed by atoms with Gasteiger partial charge in [0.05, 0.1) is 34.2 Å². The van der Waals surface area contributed by atoms with E-state index in [9.17, 15) is 29.4 Å². The molecule has 2 fully saturated rings. The first-order valence-electron chi connectivity index (χ1n) is 21.4. The number of amides is 4. The van der Waals surface area contributed by atoms with Gasteiger partial charge in [0.1, 0.15) is 23.7 Å². The first-order chi connectivity index (χ1) is 31.2. The molecule has 6 aromatic carbocycles. The summed E-state index contributed by atoms with van der Waals surface area (Å²) >= 11 is 0. The maximum absolute atomic E-state index is 13.9. The fourth-order valence-electron chi connectivity index (χ4n) is 9.41. The van der Waals surface area contributed by atoms with Gasteiger partial charge in [-0.15, -0.1) is 0 Å². The maximum Gasteiger partial charge on any atom is 0.405 e. The van der Waals surface area contributed by atoms with E-state index < -0.39 is 24.3 Å². The number of hydrogen-bond donors (Lipinski definition) is 6. The van der Waals surface area contributed by atoms with Gasteiger partial charge >= 0.3 is 12.2 Å². The molecule has 0 radical (unpaired) electrons. The van der Waals surface area contributed by atoms with Gasteiger partial charge in [-0.1, -0.05) is 97.1 Å². The molecule has 6 N–H and O–H groups in total. The molecule has 2 unspecified atom stereocenters. The van der Waals surface area contributed by atoms with Crippen molar-refractivity contribution in [1.29, 1.82) is 0 Å². The SMILES string of the molecule is O=C(O)NC(C(=O)N1CCCC1c1nc2cc(-c3ccc4cc(-c5ccc6[nH]c([C@@H]7CCCN7C(=O)[C@H](NC(=O)O)c7ccccc7)nc6c5)ccc4c3)ccc2[nH]1)c1ccccc1. The molecule has 2 aromatic heterocycles. The monoisotopic (exact) mass is 852 g/mol. The Labute approximate surface area is 367 Å². The number of carboxylic acid groups (broad SMARTS) is 2. The summed E-state index contributed by atoms with van der Waals surface area (Å²) in [6.07, 6.45) is 0.458. The number of nitrogens with one attached hydrogen (secondary N) is 4. The number of likely N-dealkylation sites (tertiary alicyclic amines) is 2. The van der Waals surface area contributed by atoms with Crippen LogP contribution >= 0.6 is 0 Å². The minimum absolute atomic E-state index is 0.305. The van der Waals surface area contributed by atoms with Gasteiger partial charge in [-0.3, -0.25) is 9.59 Å². The number of aromatic amines is 2. The van der Waals surface area contributed by atoms with Crippen molar-refractivity contribution in [3.05, 3.63) is 156 Å². The summed E-state index contributed by atoms with van der Waals surface area (Å²) in [7, 11) is 0. The lowest BCUT2D eigenvalue weighted by molar-refractivity contribution is -0.135. The lowest BCUT2D eigenvalue weighted by Gasteiger charge is -2.28. The Balaban J connectivity index is 0.864. The number of fused-ring (bicyclic) bond motifs is 3. The highest BCUT2D eigenvalue weighted by Gasteiger charge is 2.38. The molecule has 64 heavy (non-hydrogen) atoms. The van der Waals surface area contributed by atoms with Crippen molar-refractivity contribution in [3.63, 3.8) is 0 Å². The van der Waals surface area contributed by atoms with Crippen LogP contribution in [0.5, 0.6) is 0 Å². The Morgan fingerprint density at radius 3 is 1.33 bits per heavy atom. The molecular formula is C50H44N8O6. The number of imidazole rings is 2. The molecule has 10 rings (SSSR count). The van der Waals surface area contributed by atoms with Crippen LogP contribution in [0, 0.1) is 0 Å². The van der Waals surface area contributed by atoms with Crippen LogP contribution in [0.15, 0.2) is 133 Å². The van der Waals surface area contributed by atoms with Gasteiger partial charge in [0.25, 0.3) is 11.8 Å². The standard InChI is InChI=1S/C50H44N8O6/c59-47(43(55-49(61)62)29-9-3-1-4-10-29)57-23-7-13-41(57)45-51-37-21-19-35(27-39(37)53-45)33-17-15-32-26-34(18-16-31(32)25-33)36-20-22-38-40(28-36)54-46(52-38)42-14-8-24-58(42)48(60)44(56-50(63)64)30-11-5-2-6-12-30/h1-6,9-12,15-22,25-28,41-44,55-56H,7-8,13-14,23-24H2,(H,51,53)(H,52,54)(H,61,62)(H,63,64)/t41-,42?,43+,44?/m0/s1. The molecule has 0 saturated carbocycles. The van der Waals surface area contributed by atoms with Gasteiger partial charge in [-0.2, -0.15) is 0 Å². The highest BCUT2D eigenvalue weighted by Crippen LogP contribution is 2.37. The van der Waals surface area contributed by atoms with Crippen molar-refractivity contribution in [1.82, 2.24) is 40.4 Å². The number of carbonyl (C=O) groups is 4. The van der Waals surface area contributed by atoms with Gasteiger partial charge in [0, 0.05) is 13.1 Å². The van der Waals surface area contributed by atoms with E-state index >= 15 is 0 Å². The second-order valence-electron chi connectivity index (χ2n) is 16.5. The van der Waals surface area contributed by atoms with Gasteiger partial charge in [0.15, 0.2) is 0 Å². The van der Waals surface area contributed by atoms with Crippen LogP contribution in [0.25, 0.3) is 55.1 Å². The summed E-state index contributed by atoms with van der Waals surface area (Å²) in [6.45, 7) is 1.01. The van der Waals surface area contributed by atoms with E-state index in [1.165, 1.54) is 0 Å². The average molecular weight is 853 g/mol. The number of carbonyl (C=O) groups excluding carboxylic acids is 2. The second kappa shape index (κ2) is 16.7. The summed E-state index contributed by atoms with van der Waals surface area (Å²) in [5.41, 5.74) is 8.51. The Morgan fingerprint density at radius 1 is 0.531 bits per heavy atom. The number of aromatic nitrogens is 4. The molecular weight excluding hydrogens is 809 g/mol. The van der Waals surface area contributed by atoms with Crippen LogP contribution < -0.4 is 10.6 Å². The minimum atomic E-state index is -1.26. The number of benzene rings is 6. The first-order valence-corrected chi connectivity index (χ1v) is 21.4. The van der Waals surface area contributed by atoms with Crippen molar-refractivity contribution in [2.45, 2.75) is 49.9 Å². The third kappa shape index (κ3) is 7.74. The fraction of sp³-hybridized carbons (Fsp3) is 0.200. The zero-order valence-corrected chi connectivity index (χ0v) is 34.6. The molecule has 14 nitrogen and oxygen atoms in total. The Bertz CT molecular complexity index is 2870. The van der Waals surface area contributed by atoms with Gasteiger partial charge < -0.3 is 40.6 Å². The van der Waals surface area contributed by atoms with Crippen molar-refractivity contribution in [3.8, 4) is 22.3 Å². The quantitative estimate of drug-likeness (QED) is 0.0783. The molecule has 0 aliphatic carbocycles. The molecule has 4 heterocycles.